The SMILES string of the molecule is CCc1c(Cc2cc(Cl)cc(Cl)c2)cnn1COC(N)=O. The fraction of sp³-hybridized carbons (Fsp3) is 0.286. The van der Waals surface area contributed by atoms with Gasteiger partial charge in [-0.15, -0.1) is 0 Å². The van der Waals surface area contributed by atoms with Crippen LogP contribution in [-0.2, 0) is 24.3 Å². The molecule has 1 aromatic carbocycles. The number of aromatic nitrogens is 2. The van der Waals surface area contributed by atoms with Crippen LogP contribution in [0.2, 0.25) is 10.0 Å². The van der Waals surface area contributed by atoms with E-state index in [0.29, 0.717) is 16.5 Å². The van der Waals surface area contributed by atoms with E-state index in [2.05, 4.69) is 5.10 Å². The second kappa shape index (κ2) is 6.83. The van der Waals surface area contributed by atoms with Gasteiger partial charge in [-0.2, -0.15) is 5.10 Å². The molecule has 0 unspecified atom stereocenters. The molecule has 5 nitrogen and oxygen atoms in total. The van der Waals surface area contributed by atoms with E-state index in [1.54, 1.807) is 16.9 Å². The van der Waals surface area contributed by atoms with E-state index in [0.717, 1.165) is 23.2 Å². The molecule has 2 N–H and O–H groups in total. The summed E-state index contributed by atoms with van der Waals surface area (Å²) in [5.41, 5.74) is 7.97. The van der Waals surface area contributed by atoms with Gasteiger partial charge in [0, 0.05) is 22.2 Å². The first-order valence-corrected chi connectivity index (χ1v) is 7.16. The molecule has 0 fully saturated rings. The Morgan fingerprint density at radius 3 is 2.57 bits per heavy atom. The van der Waals surface area contributed by atoms with Crippen molar-refractivity contribution in [3.63, 3.8) is 0 Å². The van der Waals surface area contributed by atoms with E-state index in [1.165, 1.54) is 0 Å². The molecule has 0 aliphatic rings. The van der Waals surface area contributed by atoms with Gasteiger partial charge in [-0.25, -0.2) is 9.48 Å². The van der Waals surface area contributed by atoms with Crippen molar-refractivity contribution in [1.29, 1.82) is 0 Å². The highest BCUT2D eigenvalue weighted by atomic mass is 35.5. The zero-order valence-corrected chi connectivity index (χ0v) is 13.0. The molecule has 2 aromatic rings. The van der Waals surface area contributed by atoms with Gasteiger partial charge >= 0.3 is 6.09 Å². The second-order valence-corrected chi connectivity index (χ2v) is 5.39. The van der Waals surface area contributed by atoms with Crippen LogP contribution in [-0.4, -0.2) is 15.9 Å². The number of carbonyl (C=O) groups is 1. The van der Waals surface area contributed by atoms with Crippen molar-refractivity contribution in [2.24, 2.45) is 5.73 Å². The summed E-state index contributed by atoms with van der Waals surface area (Å²) in [6.45, 7) is 2.01. The minimum Gasteiger partial charge on any atom is -0.426 e. The van der Waals surface area contributed by atoms with Gasteiger partial charge in [-0.1, -0.05) is 30.1 Å². The predicted molar refractivity (Wildman–Crippen MR) is 81.5 cm³/mol. The van der Waals surface area contributed by atoms with Crippen LogP contribution in [0.1, 0.15) is 23.7 Å². The first-order valence-electron chi connectivity index (χ1n) is 6.40. The summed E-state index contributed by atoms with van der Waals surface area (Å²) in [6.07, 6.45) is 2.33. The molecule has 2 rings (SSSR count). The molecule has 0 saturated carbocycles. The Kier molecular flexibility index (Phi) is 5.09. The molecule has 0 bridgehead atoms. The van der Waals surface area contributed by atoms with Crippen LogP contribution < -0.4 is 5.73 Å². The number of hydrogen-bond acceptors (Lipinski definition) is 3. The van der Waals surface area contributed by atoms with Gasteiger partial charge < -0.3 is 10.5 Å². The summed E-state index contributed by atoms with van der Waals surface area (Å²) in [4.78, 5) is 10.7. The zero-order valence-electron chi connectivity index (χ0n) is 11.5. The van der Waals surface area contributed by atoms with Crippen LogP contribution >= 0.6 is 23.2 Å². The van der Waals surface area contributed by atoms with Gasteiger partial charge in [0.05, 0.1) is 6.20 Å². The van der Waals surface area contributed by atoms with Gasteiger partial charge in [-0.3, -0.25) is 0 Å². The largest absolute Gasteiger partial charge is 0.426 e. The van der Waals surface area contributed by atoms with Crippen molar-refractivity contribution in [3.8, 4) is 0 Å². The average molecular weight is 328 g/mol. The number of rotatable bonds is 5. The molecule has 1 amide bonds. The summed E-state index contributed by atoms with van der Waals surface area (Å²) >= 11 is 12.0. The lowest BCUT2D eigenvalue weighted by Crippen LogP contribution is -2.17. The van der Waals surface area contributed by atoms with Crippen LogP contribution in [0, 0.1) is 0 Å². The van der Waals surface area contributed by atoms with Gasteiger partial charge in [0.2, 0.25) is 0 Å². The van der Waals surface area contributed by atoms with E-state index in [-0.39, 0.29) is 6.73 Å². The molecule has 1 heterocycles. The van der Waals surface area contributed by atoms with Crippen molar-refractivity contribution in [2.45, 2.75) is 26.5 Å². The Hall–Kier alpha value is -1.72. The van der Waals surface area contributed by atoms with Crippen molar-refractivity contribution in [3.05, 3.63) is 51.3 Å². The first kappa shape index (κ1) is 15.7. The Morgan fingerprint density at radius 2 is 2.00 bits per heavy atom. The Morgan fingerprint density at radius 1 is 1.33 bits per heavy atom. The van der Waals surface area contributed by atoms with E-state index in [1.807, 2.05) is 19.1 Å². The fourth-order valence-electron chi connectivity index (χ4n) is 2.18. The minimum atomic E-state index is -0.823. The van der Waals surface area contributed by atoms with Gasteiger partial charge in [0.1, 0.15) is 0 Å². The second-order valence-electron chi connectivity index (χ2n) is 4.52. The third-order valence-electron chi connectivity index (χ3n) is 3.02. The molecular weight excluding hydrogens is 313 g/mol. The maximum absolute atomic E-state index is 10.7. The Balaban J connectivity index is 2.21. The number of nitrogens with zero attached hydrogens (tertiary/aromatic N) is 2. The lowest BCUT2D eigenvalue weighted by atomic mass is 10.0. The first-order chi connectivity index (χ1) is 9.99. The number of primary amides is 1. The van der Waals surface area contributed by atoms with Crippen LogP contribution in [0.3, 0.4) is 0 Å². The molecule has 1 aromatic heterocycles. The quantitative estimate of drug-likeness (QED) is 0.914. The van der Waals surface area contributed by atoms with Crippen LogP contribution in [0.25, 0.3) is 0 Å². The summed E-state index contributed by atoms with van der Waals surface area (Å²) < 4.78 is 6.39. The predicted octanol–water partition coefficient (Wildman–Crippen LogP) is 3.40. The standard InChI is InChI=1S/C14H15Cl2N3O2/c1-2-13-10(7-18-19(13)8-21-14(17)20)3-9-4-11(15)6-12(16)5-9/h4-7H,2-3,8H2,1H3,(H2,17,20). The number of ether oxygens (including phenoxy) is 1. The van der Waals surface area contributed by atoms with Crippen LogP contribution in [0.4, 0.5) is 4.79 Å². The van der Waals surface area contributed by atoms with E-state index in [9.17, 15) is 4.79 Å². The number of benzene rings is 1. The summed E-state index contributed by atoms with van der Waals surface area (Å²) in [5.74, 6) is 0. The smallest absolute Gasteiger partial charge is 0.406 e. The van der Waals surface area contributed by atoms with Gasteiger partial charge in [0.15, 0.2) is 6.73 Å². The van der Waals surface area contributed by atoms with Crippen LogP contribution in [0.5, 0.6) is 0 Å². The number of halogens is 2. The fourth-order valence-corrected chi connectivity index (χ4v) is 2.75. The molecule has 0 aliphatic carbocycles. The molecule has 112 valence electrons. The maximum atomic E-state index is 10.7. The van der Waals surface area contributed by atoms with Crippen molar-refractivity contribution >= 4 is 29.3 Å². The molecular formula is C14H15Cl2N3O2. The Labute approximate surface area is 132 Å². The highest BCUT2D eigenvalue weighted by Gasteiger charge is 2.11. The summed E-state index contributed by atoms with van der Waals surface area (Å²) in [7, 11) is 0. The van der Waals surface area contributed by atoms with Crippen molar-refractivity contribution in [1.82, 2.24) is 9.78 Å². The van der Waals surface area contributed by atoms with E-state index in [4.69, 9.17) is 33.7 Å². The van der Waals surface area contributed by atoms with Gasteiger partial charge in [-0.05, 0) is 35.7 Å². The number of hydrogen-bond donors (Lipinski definition) is 1. The Bertz CT molecular complexity index is 635. The van der Waals surface area contributed by atoms with Crippen LogP contribution in [0.15, 0.2) is 24.4 Å². The molecule has 0 saturated heterocycles. The van der Waals surface area contributed by atoms with Crippen molar-refractivity contribution in [2.75, 3.05) is 0 Å². The monoisotopic (exact) mass is 327 g/mol. The zero-order chi connectivity index (χ0) is 15.4. The van der Waals surface area contributed by atoms with E-state index >= 15 is 0 Å². The number of nitrogens with two attached hydrogens (primary N) is 1. The minimum absolute atomic E-state index is 0.00874. The highest BCUT2D eigenvalue weighted by Crippen LogP contribution is 2.22. The molecule has 0 atom stereocenters. The van der Waals surface area contributed by atoms with Crippen molar-refractivity contribution < 1.29 is 9.53 Å². The van der Waals surface area contributed by atoms with Gasteiger partial charge in [0.25, 0.3) is 0 Å². The topological polar surface area (TPSA) is 70.1 Å². The third-order valence-corrected chi connectivity index (χ3v) is 3.45. The van der Waals surface area contributed by atoms with E-state index < -0.39 is 6.09 Å². The maximum Gasteiger partial charge on any atom is 0.406 e. The molecule has 0 aliphatic heterocycles. The highest BCUT2D eigenvalue weighted by molar-refractivity contribution is 6.34. The molecule has 21 heavy (non-hydrogen) atoms. The average Bonchev–Trinajstić information content (AvgIpc) is 2.77. The number of carbonyl (C=O) groups excluding carboxylic acids is 1. The lowest BCUT2D eigenvalue weighted by molar-refractivity contribution is 0.115. The molecule has 0 spiro atoms. The number of amides is 1. The third kappa shape index (κ3) is 4.12. The molecule has 7 heteroatoms. The lowest BCUT2D eigenvalue weighted by Gasteiger charge is -2.08. The normalized spacial score (nSPS) is 10.6. The summed E-state index contributed by atoms with van der Waals surface area (Å²) in [5, 5.41) is 5.41. The summed E-state index contributed by atoms with van der Waals surface area (Å²) in [6, 6.07) is 5.42. The molecule has 0 radical (unpaired) electrons.